The van der Waals surface area contributed by atoms with Gasteiger partial charge in [-0.2, -0.15) is 0 Å². The molecule has 1 aliphatic heterocycles. The number of thioether (sulfide) groups is 1. The molecule has 22 heavy (non-hydrogen) atoms. The summed E-state index contributed by atoms with van der Waals surface area (Å²) < 4.78 is 0. The summed E-state index contributed by atoms with van der Waals surface area (Å²) in [6.07, 6.45) is 0.687. The Balaban J connectivity index is 1.78. The number of amides is 1. The Morgan fingerprint density at radius 3 is 2.59 bits per heavy atom. The number of benzene rings is 1. The first-order valence-electron chi connectivity index (χ1n) is 6.67. The van der Waals surface area contributed by atoms with Crippen LogP contribution in [-0.2, 0) is 4.79 Å². The molecule has 6 nitrogen and oxygen atoms in total. The van der Waals surface area contributed by atoms with E-state index < -0.39 is 0 Å². The summed E-state index contributed by atoms with van der Waals surface area (Å²) in [7, 11) is 0. The highest BCUT2D eigenvalue weighted by molar-refractivity contribution is 8.00. The summed E-state index contributed by atoms with van der Waals surface area (Å²) in [6.45, 7) is 0.609. The Bertz CT molecular complexity index is 706. The zero-order valence-corrected chi connectivity index (χ0v) is 13.1. The molecule has 1 aliphatic rings. The molecule has 1 unspecified atom stereocenters. The van der Waals surface area contributed by atoms with Crippen molar-refractivity contribution >= 4 is 46.6 Å². The van der Waals surface area contributed by atoms with E-state index in [2.05, 4.69) is 9.97 Å². The van der Waals surface area contributed by atoms with E-state index in [0.29, 0.717) is 34.8 Å². The highest BCUT2D eigenvalue weighted by atomic mass is 35.5. The molecular weight excluding hydrogens is 322 g/mol. The van der Waals surface area contributed by atoms with Crippen molar-refractivity contribution < 1.29 is 4.79 Å². The number of halogens is 1. The van der Waals surface area contributed by atoms with Crippen molar-refractivity contribution in [3.8, 4) is 0 Å². The van der Waals surface area contributed by atoms with E-state index in [-0.39, 0.29) is 11.2 Å². The first-order valence-corrected chi connectivity index (χ1v) is 7.93. The van der Waals surface area contributed by atoms with E-state index in [4.69, 9.17) is 23.1 Å². The summed E-state index contributed by atoms with van der Waals surface area (Å²) in [5, 5.41) is 0.709. The number of carbonyl (C=O) groups is 1. The molecule has 0 bridgehead atoms. The topological polar surface area (TPSA) is 98.1 Å². The third-order valence-corrected chi connectivity index (χ3v) is 4.73. The summed E-state index contributed by atoms with van der Waals surface area (Å²) in [5.41, 5.74) is 12.0. The smallest absolute Gasteiger partial charge is 0.240 e. The van der Waals surface area contributed by atoms with Crippen molar-refractivity contribution in [3.05, 3.63) is 35.4 Å². The fourth-order valence-electron chi connectivity index (χ4n) is 2.31. The Labute approximate surface area is 136 Å². The average molecular weight is 336 g/mol. The third-order valence-electron chi connectivity index (χ3n) is 3.29. The van der Waals surface area contributed by atoms with E-state index in [0.717, 1.165) is 5.69 Å². The molecule has 1 atom stereocenters. The van der Waals surface area contributed by atoms with Crippen LogP contribution in [-0.4, -0.2) is 27.7 Å². The van der Waals surface area contributed by atoms with Gasteiger partial charge >= 0.3 is 0 Å². The summed E-state index contributed by atoms with van der Waals surface area (Å²) >= 11 is 7.44. The molecule has 1 saturated heterocycles. The van der Waals surface area contributed by atoms with Crippen molar-refractivity contribution in [2.45, 2.75) is 16.8 Å². The van der Waals surface area contributed by atoms with Crippen molar-refractivity contribution in [2.24, 2.45) is 0 Å². The van der Waals surface area contributed by atoms with Gasteiger partial charge in [-0.25, -0.2) is 9.97 Å². The SMILES string of the molecule is Nc1cc(N)nc(SC2CCN(c3ccccc3Cl)C2=O)n1. The highest BCUT2D eigenvalue weighted by Crippen LogP contribution is 2.34. The predicted octanol–water partition coefficient (Wildman–Crippen LogP) is 2.19. The number of nitrogen functional groups attached to an aromatic ring is 2. The third kappa shape index (κ3) is 2.95. The monoisotopic (exact) mass is 335 g/mol. The zero-order chi connectivity index (χ0) is 15.7. The Morgan fingerprint density at radius 2 is 1.91 bits per heavy atom. The molecule has 1 amide bonds. The van der Waals surface area contributed by atoms with Gasteiger partial charge in [-0.05, 0) is 18.6 Å². The van der Waals surface area contributed by atoms with E-state index in [1.165, 1.54) is 17.8 Å². The standard InChI is InChI=1S/C14H14ClN5OS/c15-8-3-1-2-4-9(8)20-6-5-10(13(20)21)22-14-18-11(16)7-12(17)19-14/h1-4,7,10H,5-6H2,(H4,16,17,18,19). The van der Waals surface area contributed by atoms with Crippen molar-refractivity contribution in [2.75, 3.05) is 22.9 Å². The largest absolute Gasteiger partial charge is 0.383 e. The van der Waals surface area contributed by atoms with Crippen molar-refractivity contribution in [1.29, 1.82) is 0 Å². The molecule has 2 aromatic rings. The Morgan fingerprint density at radius 1 is 1.23 bits per heavy atom. The lowest BCUT2D eigenvalue weighted by molar-refractivity contribution is -0.116. The Kier molecular flexibility index (Phi) is 4.08. The van der Waals surface area contributed by atoms with Gasteiger partial charge in [-0.3, -0.25) is 4.79 Å². The minimum absolute atomic E-state index is 0.0114. The molecular formula is C14H14ClN5OS. The lowest BCUT2D eigenvalue weighted by Gasteiger charge is -2.17. The van der Waals surface area contributed by atoms with Gasteiger partial charge in [0.25, 0.3) is 0 Å². The van der Waals surface area contributed by atoms with Gasteiger partial charge in [-0.1, -0.05) is 35.5 Å². The van der Waals surface area contributed by atoms with Crippen LogP contribution in [0.5, 0.6) is 0 Å². The molecule has 0 aliphatic carbocycles. The van der Waals surface area contributed by atoms with Crippen LogP contribution in [0.3, 0.4) is 0 Å². The number of hydrogen-bond donors (Lipinski definition) is 2. The first kappa shape index (κ1) is 14.9. The second kappa shape index (κ2) is 6.02. The zero-order valence-electron chi connectivity index (χ0n) is 11.6. The number of aromatic nitrogens is 2. The normalized spacial score (nSPS) is 18.0. The second-order valence-electron chi connectivity index (χ2n) is 4.84. The van der Waals surface area contributed by atoms with Crippen LogP contribution >= 0.6 is 23.4 Å². The quantitative estimate of drug-likeness (QED) is 0.834. The van der Waals surface area contributed by atoms with Gasteiger partial charge in [0.15, 0.2) is 5.16 Å². The maximum absolute atomic E-state index is 12.6. The van der Waals surface area contributed by atoms with E-state index in [1.807, 2.05) is 18.2 Å². The van der Waals surface area contributed by atoms with Crippen LogP contribution in [0.25, 0.3) is 0 Å². The number of rotatable bonds is 3. The van der Waals surface area contributed by atoms with Crippen LogP contribution in [0.2, 0.25) is 5.02 Å². The number of carbonyl (C=O) groups excluding carboxylic acids is 1. The van der Waals surface area contributed by atoms with Gasteiger partial charge < -0.3 is 16.4 Å². The van der Waals surface area contributed by atoms with Crippen LogP contribution < -0.4 is 16.4 Å². The maximum Gasteiger partial charge on any atom is 0.240 e. The Hall–Kier alpha value is -1.99. The molecule has 1 aromatic heterocycles. The molecule has 0 radical (unpaired) electrons. The number of nitrogens with zero attached hydrogens (tertiary/aromatic N) is 3. The van der Waals surface area contributed by atoms with Crippen LogP contribution in [0.4, 0.5) is 17.3 Å². The number of nitrogens with two attached hydrogens (primary N) is 2. The van der Waals surface area contributed by atoms with E-state index in [1.54, 1.807) is 11.0 Å². The summed E-state index contributed by atoms with van der Waals surface area (Å²) in [5.74, 6) is 0.578. The summed E-state index contributed by atoms with van der Waals surface area (Å²) in [6, 6.07) is 8.78. The van der Waals surface area contributed by atoms with Crippen LogP contribution in [0, 0.1) is 0 Å². The lowest BCUT2D eigenvalue weighted by atomic mass is 10.3. The lowest BCUT2D eigenvalue weighted by Crippen LogP contribution is -2.28. The second-order valence-corrected chi connectivity index (χ2v) is 6.41. The molecule has 8 heteroatoms. The molecule has 4 N–H and O–H groups in total. The first-order chi connectivity index (χ1) is 10.5. The van der Waals surface area contributed by atoms with Gasteiger partial charge in [-0.15, -0.1) is 0 Å². The molecule has 3 rings (SSSR count). The number of para-hydroxylation sites is 1. The maximum atomic E-state index is 12.6. The van der Waals surface area contributed by atoms with Gasteiger partial charge in [0, 0.05) is 12.6 Å². The minimum atomic E-state index is -0.266. The fraction of sp³-hybridized carbons (Fsp3) is 0.214. The number of hydrogen-bond acceptors (Lipinski definition) is 6. The minimum Gasteiger partial charge on any atom is -0.383 e. The van der Waals surface area contributed by atoms with Crippen LogP contribution in [0.1, 0.15) is 6.42 Å². The van der Waals surface area contributed by atoms with Crippen molar-refractivity contribution in [3.63, 3.8) is 0 Å². The molecule has 1 aromatic carbocycles. The molecule has 2 heterocycles. The molecule has 0 spiro atoms. The summed E-state index contributed by atoms with van der Waals surface area (Å²) in [4.78, 5) is 22.5. The molecule has 114 valence electrons. The van der Waals surface area contributed by atoms with E-state index >= 15 is 0 Å². The average Bonchev–Trinajstić information content (AvgIpc) is 2.80. The highest BCUT2D eigenvalue weighted by Gasteiger charge is 2.34. The predicted molar refractivity (Wildman–Crippen MR) is 88.9 cm³/mol. The van der Waals surface area contributed by atoms with Gasteiger partial charge in [0.2, 0.25) is 5.91 Å². The van der Waals surface area contributed by atoms with Gasteiger partial charge in [0.1, 0.15) is 11.6 Å². The van der Waals surface area contributed by atoms with Crippen molar-refractivity contribution in [1.82, 2.24) is 9.97 Å². The number of anilines is 3. The molecule has 0 saturated carbocycles. The van der Waals surface area contributed by atoms with E-state index in [9.17, 15) is 4.79 Å². The fourth-order valence-corrected chi connectivity index (χ4v) is 3.57. The van der Waals surface area contributed by atoms with Gasteiger partial charge in [0.05, 0.1) is 16.0 Å². The molecule has 1 fully saturated rings. The van der Waals surface area contributed by atoms with Crippen LogP contribution in [0.15, 0.2) is 35.5 Å².